The van der Waals surface area contributed by atoms with Crippen molar-refractivity contribution in [3.63, 3.8) is 0 Å². The lowest BCUT2D eigenvalue weighted by Gasteiger charge is -2.28. The lowest BCUT2D eigenvalue weighted by atomic mass is 10.1. The van der Waals surface area contributed by atoms with Crippen molar-refractivity contribution in [2.24, 2.45) is 0 Å². The topological polar surface area (TPSA) is 76.8 Å². The number of hydrogen-bond donors (Lipinski definition) is 0. The second-order valence-electron chi connectivity index (χ2n) is 7.63. The molecular weight excluding hydrogens is 412 g/mol. The zero-order chi connectivity index (χ0) is 21.6. The molecule has 4 aromatic rings. The maximum Gasteiger partial charge on any atom is 0.243 e. The van der Waals surface area contributed by atoms with E-state index in [1.165, 1.54) is 4.31 Å². The lowest BCUT2D eigenvalue weighted by molar-refractivity contribution is 0.384. The van der Waals surface area contributed by atoms with Gasteiger partial charge >= 0.3 is 0 Å². The normalized spacial score (nSPS) is 14.5. The molecule has 0 fully saturated rings. The molecule has 7 nitrogen and oxygen atoms in total. The van der Waals surface area contributed by atoms with Gasteiger partial charge in [0.1, 0.15) is 5.75 Å². The zero-order valence-electron chi connectivity index (χ0n) is 17.3. The summed E-state index contributed by atoms with van der Waals surface area (Å²) in [5.74, 6) is 0.783. The Morgan fingerprint density at radius 2 is 1.68 bits per heavy atom. The average molecular weight is 435 g/mol. The number of aromatic nitrogens is 3. The molecule has 31 heavy (non-hydrogen) atoms. The smallest absolute Gasteiger partial charge is 0.243 e. The molecule has 2 aromatic carbocycles. The van der Waals surface area contributed by atoms with Crippen molar-refractivity contribution in [2.45, 2.75) is 24.8 Å². The molecule has 158 valence electrons. The van der Waals surface area contributed by atoms with E-state index < -0.39 is 10.0 Å². The molecule has 0 spiro atoms. The van der Waals surface area contributed by atoms with E-state index in [2.05, 4.69) is 10.1 Å². The summed E-state index contributed by atoms with van der Waals surface area (Å²) in [4.78, 5) is 4.72. The third-order valence-corrected chi connectivity index (χ3v) is 7.51. The first-order valence-electron chi connectivity index (χ1n) is 10.0. The molecule has 8 heteroatoms. The van der Waals surface area contributed by atoms with Gasteiger partial charge in [-0.2, -0.15) is 9.40 Å². The van der Waals surface area contributed by atoms with Crippen molar-refractivity contribution < 1.29 is 13.2 Å². The molecule has 3 heterocycles. The summed E-state index contributed by atoms with van der Waals surface area (Å²) in [5, 5.41) is 4.50. The molecule has 0 amide bonds. The fourth-order valence-electron chi connectivity index (χ4n) is 3.99. The van der Waals surface area contributed by atoms with Crippen LogP contribution in [0.4, 0.5) is 0 Å². The van der Waals surface area contributed by atoms with Gasteiger partial charge in [-0.1, -0.05) is 24.3 Å². The molecule has 2 aromatic heterocycles. The maximum absolute atomic E-state index is 13.3. The Bertz CT molecular complexity index is 1360. The van der Waals surface area contributed by atoms with Gasteiger partial charge < -0.3 is 4.74 Å². The number of aryl methyl sites for hydroxylation is 1. The van der Waals surface area contributed by atoms with Gasteiger partial charge in [0.2, 0.25) is 10.0 Å². The van der Waals surface area contributed by atoms with Crippen LogP contribution < -0.4 is 4.74 Å². The molecule has 1 aliphatic heterocycles. The van der Waals surface area contributed by atoms with Gasteiger partial charge in [0.15, 0.2) is 5.65 Å². The molecule has 0 aliphatic carbocycles. The monoisotopic (exact) mass is 434 g/mol. The SMILES string of the molecule is COc1ccc(-c2ccc(S(=O)(=O)N3CCc4c(cnc5cc(C)nn45)C3)cc2)cc1. The molecule has 1 aliphatic rings. The fraction of sp³-hybridized carbons (Fsp3) is 0.217. The first-order valence-corrected chi connectivity index (χ1v) is 11.5. The Kier molecular flexibility index (Phi) is 4.75. The molecule has 0 saturated carbocycles. The number of benzene rings is 2. The van der Waals surface area contributed by atoms with E-state index in [0.29, 0.717) is 19.5 Å². The van der Waals surface area contributed by atoms with Crippen molar-refractivity contribution in [1.29, 1.82) is 0 Å². The van der Waals surface area contributed by atoms with Crippen molar-refractivity contribution in [3.05, 3.63) is 77.7 Å². The summed E-state index contributed by atoms with van der Waals surface area (Å²) < 4.78 is 35.1. The van der Waals surface area contributed by atoms with E-state index in [9.17, 15) is 8.42 Å². The Labute approximate surface area is 181 Å². The molecule has 0 atom stereocenters. The van der Waals surface area contributed by atoms with Crippen molar-refractivity contribution >= 4 is 15.7 Å². The van der Waals surface area contributed by atoms with Crippen molar-refractivity contribution in [1.82, 2.24) is 18.9 Å². The van der Waals surface area contributed by atoms with E-state index in [0.717, 1.165) is 39.5 Å². The van der Waals surface area contributed by atoms with E-state index in [-0.39, 0.29) is 4.90 Å². The summed E-state index contributed by atoms with van der Waals surface area (Å²) in [7, 11) is -1.98. The maximum atomic E-state index is 13.3. The number of nitrogens with zero attached hydrogens (tertiary/aromatic N) is 4. The molecule has 0 radical (unpaired) electrons. The first kappa shape index (κ1) is 19.7. The van der Waals surface area contributed by atoms with Gasteiger partial charge in [-0.25, -0.2) is 17.9 Å². The minimum absolute atomic E-state index is 0.289. The van der Waals surface area contributed by atoms with E-state index in [4.69, 9.17) is 4.74 Å². The Hall–Kier alpha value is -3.23. The standard InChI is InChI=1S/C23H22N4O3S/c1-16-13-23-24-14-19-15-26(12-11-22(19)27(23)25-16)31(28,29)21-9-5-18(6-10-21)17-3-7-20(30-2)8-4-17/h3-10,13-14H,11-12,15H2,1-2H3. The summed E-state index contributed by atoms with van der Waals surface area (Å²) in [6, 6.07) is 16.6. The highest BCUT2D eigenvalue weighted by Gasteiger charge is 2.30. The van der Waals surface area contributed by atoms with Crippen LogP contribution in [-0.2, 0) is 23.0 Å². The van der Waals surface area contributed by atoms with Gasteiger partial charge in [-0.3, -0.25) is 0 Å². The van der Waals surface area contributed by atoms with E-state index in [1.807, 2.05) is 53.9 Å². The number of fused-ring (bicyclic) bond motifs is 3. The minimum Gasteiger partial charge on any atom is -0.497 e. The van der Waals surface area contributed by atoms with Gasteiger partial charge in [0.05, 0.1) is 23.4 Å². The summed E-state index contributed by atoms with van der Waals surface area (Å²) in [6.07, 6.45) is 2.36. The number of hydrogen-bond acceptors (Lipinski definition) is 5. The summed E-state index contributed by atoms with van der Waals surface area (Å²) in [5.41, 5.74) is 5.56. The second kappa shape index (κ2) is 7.47. The summed E-state index contributed by atoms with van der Waals surface area (Å²) in [6.45, 7) is 2.63. The largest absolute Gasteiger partial charge is 0.497 e. The van der Waals surface area contributed by atoms with Crippen molar-refractivity contribution in [2.75, 3.05) is 13.7 Å². The number of ether oxygens (including phenoxy) is 1. The highest BCUT2D eigenvalue weighted by atomic mass is 32.2. The highest BCUT2D eigenvalue weighted by molar-refractivity contribution is 7.89. The van der Waals surface area contributed by atoms with Crippen LogP contribution in [0.25, 0.3) is 16.8 Å². The number of methoxy groups -OCH3 is 1. The highest BCUT2D eigenvalue weighted by Crippen LogP contribution is 2.28. The van der Waals surface area contributed by atoms with Crippen LogP contribution in [0.15, 0.2) is 65.7 Å². The Balaban J connectivity index is 1.41. The number of sulfonamides is 1. The quantitative estimate of drug-likeness (QED) is 0.492. The van der Waals surface area contributed by atoms with Gasteiger partial charge in [0.25, 0.3) is 0 Å². The average Bonchev–Trinajstić information content (AvgIpc) is 3.19. The van der Waals surface area contributed by atoms with Gasteiger partial charge in [-0.05, 0) is 42.3 Å². The third-order valence-electron chi connectivity index (χ3n) is 5.65. The third kappa shape index (κ3) is 3.47. The van der Waals surface area contributed by atoms with Crippen LogP contribution in [-0.4, -0.2) is 41.0 Å². The molecule has 0 saturated heterocycles. The molecule has 0 unspecified atom stereocenters. The van der Waals surface area contributed by atoms with Crippen LogP contribution in [0.5, 0.6) is 5.75 Å². The summed E-state index contributed by atoms with van der Waals surface area (Å²) >= 11 is 0. The van der Waals surface area contributed by atoms with Gasteiger partial charge in [0, 0.05) is 37.3 Å². The first-order chi connectivity index (χ1) is 15.0. The predicted molar refractivity (Wildman–Crippen MR) is 117 cm³/mol. The van der Waals surface area contributed by atoms with Crippen LogP contribution in [0, 0.1) is 6.92 Å². The van der Waals surface area contributed by atoms with E-state index in [1.54, 1.807) is 25.4 Å². The number of rotatable bonds is 4. The zero-order valence-corrected chi connectivity index (χ0v) is 18.1. The van der Waals surface area contributed by atoms with Crippen LogP contribution >= 0.6 is 0 Å². The fourth-order valence-corrected chi connectivity index (χ4v) is 5.41. The van der Waals surface area contributed by atoms with Crippen LogP contribution in [0.2, 0.25) is 0 Å². The van der Waals surface area contributed by atoms with Crippen LogP contribution in [0.3, 0.4) is 0 Å². The second-order valence-corrected chi connectivity index (χ2v) is 9.57. The predicted octanol–water partition coefficient (Wildman–Crippen LogP) is 3.46. The van der Waals surface area contributed by atoms with Gasteiger partial charge in [-0.15, -0.1) is 0 Å². The van der Waals surface area contributed by atoms with E-state index >= 15 is 0 Å². The Morgan fingerprint density at radius 1 is 1.00 bits per heavy atom. The lowest BCUT2D eigenvalue weighted by Crippen LogP contribution is -2.37. The molecule has 0 bridgehead atoms. The molecule has 0 N–H and O–H groups in total. The minimum atomic E-state index is -3.61. The van der Waals surface area contributed by atoms with Crippen LogP contribution in [0.1, 0.15) is 17.0 Å². The van der Waals surface area contributed by atoms with Crippen molar-refractivity contribution in [3.8, 4) is 16.9 Å². The molecule has 5 rings (SSSR count). The molecular formula is C23H22N4O3S. The Morgan fingerprint density at radius 3 is 2.35 bits per heavy atom.